The molecule has 112 valence electrons. The zero-order chi connectivity index (χ0) is 16.1. The van der Waals surface area contributed by atoms with Crippen molar-refractivity contribution in [2.45, 2.75) is 0 Å². The molecule has 0 aliphatic heterocycles. The van der Waals surface area contributed by atoms with Gasteiger partial charge in [0, 0.05) is 0 Å². The number of carboxylic acid groups (broad SMARTS) is 1. The van der Waals surface area contributed by atoms with E-state index in [9.17, 15) is 14.4 Å². The lowest BCUT2D eigenvalue weighted by atomic mass is 10.1. The molecule has 2 aromatic rings. The van der Waals surface area contributed by atoms with Crippen LogP contribution in [-0.2, 0) is 4.74 Å². The van der Waals surface area contributed by atoms with E-state index in [0.29, 0.717) is 0 Å². The minimum Gasteiger partial charge on any atom is -0.478 e. The molecule has 0 aliphatic rings. The molecule has 0 saturated heterocycles. The van der Waals surface area contributed by atoms with E-state index in [2.05, 4.69) is 4.74 Å². The van der Waals surface area contributed by atoms with Gasteiger partial charge in [-0.2, -0.15) is 0 Å². The number of esters is 2. The molecule has 1 N–H and O–H groups in total. The van der Waals surface area contributed by atoms with E-state index in [1.54, 1.807) is 0 Å². The number of hydrogen-bond acceptors (Lipinski definition) is 5. The molecular formula is C16H12O6. The predicted octanol–water partition coefficient (Wildman–Crippen LogP) is 2.39. The van der Waals surface area contributed by atoms with Crippen molar-refractivity contribution in [1.82, 2.24) is 0 Å². The van der Waals surface area contributed by atoms with Crippen LogP contribution in [0.1, 0.15) is 31.1 Å². The van der Waals surface area contributed by atoms with Crippen LogP contribution in [0, 0.1) is 0 Å². The molecule has 0 atom stereocenters. The van der Waals surface area contributed by atoms with Crippen LogP contribution < -0.4 is 4.74 Å². The Kier molecular flexibility index (Phi) is 4.53. The summed E-state index contributed by atoms with van der Waals surface area (Å²) in [6, 6.07) is 11.3. The van der Waals surface area contributed by atoms with E-state index in [4.69, 9.17) is 9.84 Å². The summed E-state index contributed by atoms with van der Waals surface area (Å²) in [4.78, 5) is 34.2. The van der Waals surface area contributed by atoms with Crippen molar-refractivity contribution >= 4 is 17.9 Å². The fourth-order valence-electron chi connectivity index (χ4n) is 1.72. The largest absolute Gasteiger partial charge is 0.478 e. The number of carbonyl (C=O) groups is 3. The van der Waals surface area contributed by atoms with E-state index in [1.807, 2.05) is 0 Å². The second kappa shape index (κ2) is 6.53. The van der Waals surface area contributed by atoms with E-state index >= 15 is 0 Å². The van der Waals surface area contributed by atoms with Gasteiger partial charge in [0.1, 0.15) is 5.75 Å². The van der Waals surface area contributed by atoms with Crippen molar-refractivity contribution in [2.24, 2.45) is 0 Å². The van der Waals surface area contributed by atoms with Gasteiger partial charge in [-0.15, -0.1) is 0 Å². The first-order valence-electron chi connectivity index (χ1n) is 6.25. The number of methoxy groups -OCH3 is 1. The average Bonchev–Trinajstić information content (AvgIpc) is 2.54. The van der Waals surface area contributed by atoms with Crippen molar-refractivity contribution in [2.75, 3.05) is 7.11 Å². The average molecular weight is 300 g/mol. The predicted molar refractivity (Wildman–Crippen MR) is 76.1 cm³/mol. The summed E-state index contributed by atoms with van der Waals surface area (Å²) in [5.41, 5.74) is 0.510. The lowest BCUT2D eigenvalue weighted by Gasteiger charge is -2.06. The van der Waals surface area contributed by atoms with E-state index in [1.165, 1.54) is 55.6 Å². The number of rotatable bonds is 4. The van der Waals surface area contributed by atoms with Crippen molar-refractivity contribution in [1.29, 1.82) is 0 Å². The highest BCUT2D eigenvalue weighted by Crippen LogP contribution is 2.15. The van der Waals surface area contributed by atoms with Gasteiger partial charge in [0.05, 0.1) is 23.8 Å². The minimum atomic E-state index is -1.07. The molecule has 2 aromatic carbocycles. The Labute approximate surface area is 125 Å². The van der Waals surface area contributed by atoms with Crippen LogP contribution in [0.25, 0.3) is 0 Å². The number of carbonyl (C=O) groups excluding carboxylic acids is 2. The summed E-state index contributed by atoms with van der Waals surface area (Å²) < 4.78 is 9.70. The third kappa shape index (κ3) is 3.49. The molecule has 0 aliphatic carbocycles. The lowest BCUT2D eigenvalue weighted by Crippen LogP contribution is -2.10. The Balaban J connectivity index is 2.15. The summed E-state index contributed by atoms with van der Waals surface area (Å²) in [6.07, 6.45) is 0. The minimum absolute atomic E-state index is 0.0903. The second-order valence-electron chi connectivity index (χ2n) is 4.29. The Morgan fingerprint density at radius 2 is 1.45 bits per heavy atom. The van der Waals surface area contributed by atoms with E-state index < -0.39 is 17.9 Å². The van der Waals surface area contributed by atoms with Gasteiger partial charge in [-0.1, -0.05) is 6.07 Å². The van der Waals surface area contributed by atoms with Gasteiger partial charge in [0.25, 0.3) is 0 Å². The van der Waals surface area contributed by atoms with Crippen LogP contribution in [-0.4, -0.2) is 30.1 Å². The van der Waals surface area contributed by atoms with Crippen LogP contribution in [0.2, 0.25) is 0 Å². The Morgan fingerprint density at radius 1 is 0.864 bits per heavy atom. The molecule has 6 nitrogen and oxygen atoms in total. The first kappa shape index (κ1) is 15.2. The maximum Gasteiger partial charge on any atom is 0.343 e. The van der Waals surface area contributed by atoms with Crippen LogP contribution in [0.3, 0.4) is 0 Å². The second-order valence-corrected chi connectivity index (χ2v) is 4.29. The van der Waals surface area contributed by atoms with Crippen molar-refractivity contribution in [3.05, 3.63) is 65.2 Å². The van der Waals surface area contributed by atoms with Crippen molar-refractivity contribution < 1.29 is 29.0 Å². The van der Waals surface area contributed by atoms with Gasteiger partial charge in [-0.05, 0) is 42.5 Å². The van der Waals surface area contributed by atoms with Crippen molar-refractivity contribution in [3.63, 3.8) is 0 Å². The Morgan fingerprint density at radius 3 is 2.00 bits per heavy atom. The molecule has 6 heteroatoms. The molecule has 0 fully saturated rings. The van der Waals surface area contributed by atoms with E-state index in [-0.39, 0.29) is 22.4 Å². The van der Waals surface area contributed by atoms with Crippen LogP contribution in [0.15, 0.2) is 48.5 Å². The van der Waals surface area contributed by atoms with E-state index in [0.717, 1.165) is 0 Å². The monoisotopic (exact) mass is 300 g/mol. The van der Waals surface area contributed by atoms with Gasteiger partial charge in [0.2, 0.25) is 0 Å². The van der Waals surface area contributed by atoms with Gasteiger partial charge in [-0.25, -0.2) is 14.4 Å². The maximum atomic E-state index is 12.0. The summed E-state index contributed by atoms with van der Waals surface area (Å²) in [7, 11) is 1.25. The number of ether oxygens (including phenoxy) is 2. The Hall–Kier alpha value is -3.15. The molecule has 0 spiro atoms. The molecule has 0 aromatic heterocycles. The SMILES string of the molecule is COC(=O)c1cccc(C(=O)Oc2ccc(C(=O)O)cc2)c1. The number of benzene rings is 2. The zero-order valence-corrected chi connectivity index (χ0v) is 11.6. The molecule has 22 heavy (non-hydrogen) atoms. The zero-order valence-electron chi connectivity index (χ0n) is 11.6. The molecule has 0 amide bonds. The highest BCUT2D eigenvalue weighted by molar-refractivity contribution is 5.96. The highest BCUT2D eigenvalue weighted by Gasteiger charge is 2.13. The molecular weight excluding hydrogens is 288 g/mol. The smallest absolute Gasteiger partial charge is 0.343 e. The lowest BCUT2D eigenvalue weighted by molar-refractivity contribution is 0.0599. The standard InChI is InChI=1S/C16H12O6/c1-21-15(19)11-3-2-4-12(9-11)16(20)22-13-7-5-10(6-8-13)14(17)18/h2-9H,1H3,(H,17,18). The van der Waals surface area contributed by atoms with Gasteiger partial charge in [-0.3, -0.25) is 0 Å². The fourth-order valence-corrected chi connectivity index (χ4v) is 1.72. The quantitative estimate of drug-likeness (QED) is 0.688. The molecule has 0 saturated carbocycles. The first-order chi connectivity index (χ1) is 10.5. The third-order valence-electron chi connectivity index (χ3n) is 2.83. The summed E-state index contributed by atoms with van der Waals surface area (Å²) in [6.45, 7) is 0. The summed E-state index contributed by atoms with van der Waals surface area (Å²) in [5.74, 6) is -2.07. The topological polar surface area (TPSA) is 89.9 Å². The van der Waals surface area contributed by atoms with Crippen molar-refractivity contribution in [3.8, 4) is 5.75 Å². The number of aromatic carboxylic acids is 1. The molecule has 0 bridgehead atoms. The van der Waals surface area contributed by atoms with Gasteiger partial charge in [0.15, 0.2) is 0 Å². The molecule has 0 radical (unpaired) electrons. The molecule has 0 unspecified atom stereocenters. The number of hydrogen-bond donors (Lipinski definition) is 1. The maximum absolute atomic E-state index is 12.0. The first-order valence-corrected chi connectivity index (χ1v) is 6.25. The Bertz CT molecular complexity index is 718. The van der Waals surface area contributed by atoms with Crippen LogP contribution >= 0.6 is 0 Å². The summed E-state index contributed by atoms with van der Waals surface area (Å²) >= 11 is 0. The number of carboxylic acids is 1. The highest BCUT2D eigenvalue weighted by atomic mass is 16.5. The van der Waals surface area contributed by atoms with Gasteiger partial charge >= 0.3 is 17.9 Å². The van der Waals surface area contributed by atoms with Gasteiger partial charge < -0.3 is 14.6 Å². The summed E-state index contributed by atoms with van der Waals surface area (Å²) in [5, 5.41) is 8.79. The normalized spacial score (nSPS) is 9.86. The third-order valence-corrected chi connectivity index (χ3v) is 2.83. The van der Waals surface area contributed by atoms with Crippen LogP contribution in [0.5, 0.6) is 5.75 Å². The fraction of sp³-hybridized carbons (Fsp3) is 0.0625. The van der Waals surface area contributed by atoms with Crippen LogP contribution in [0.4, 0.5) is 0 Å². The molecule has 2 rings (SSSR count). The molecule has 0 heterocycles.